The quantitative estimate of drug-likeness (QED) is 0.753. The van der Waals surface area contributed by atoms with E-state index in [4.69, 9.17) is 10.8 Å². The number of hydrogen-bond donors (Lipinski definition) is 3. The zero-order valence-electron chi connectivity index (χ0n) is 10.9. The molecular weight excluding hydrogens is 251 g/mol. The van der Waals surface area contributed by atoms with Gasteiger partial charge in [0, 0.05) is 12.6 Å². The first-order chi connectivity index (χ1) is 8.81. The van der Waals surface area contributed by atoms with Gasteiger partial charge in [0.15, 0.2) is 0 Å². The molecule has 5 nitrogen and oxygen atoms in total. The number of carboxylic acids is 1. The molecule has 0 radical (unpaired) electrons. The molecule has 104 valence electrons. The Morgan fingerprint density at radius 1 is 1.47 bits per heavy atom. The predicted octanol–water partition coefficient (Wildman–Crippen LogP) is 1.44. The summed E-state index contributed by atoms with van der Waals surface area (Å²) in [5.41, 5.74) is 6.84. The number of nitrogens with one attached hydrogen (secondary N) is 1. The molecule has 19 heavy (non-hydrogen) atoms. The lowest BCUT2D eigenvalue weighted by Gasteiger charge is -2.12. The van der Waals surface area contributed by atoms with E-state index in [1.54, 1.807) is 13.0 Å². The summed E-state index contributed by atoms with van der Waals surface area (Å²) in [5.74, 6) is -1.82. The van der Waals surface area contributed by atoms with Crippen LogP contribution in [-0.2, 0) is 16.0 Å². The Morgan fingerprint density at radius 3 is 2.63 bits per heavy atom. The second-order valence-corrected chi connectivity index (χ2v) is 4.41. The van der Waals surface area contributed by atoms with Crippen molar-refractivity contribution in [2.75, 3.05) is 5.32 Å². The van der Waals surface area contributed by atoms with Crippen LogP contribution >= 0.6 is 0 Å². The molecule has 0 bridgehead atoms. The SMILES string of the molecule is CC(=O)Nc1cc(F)c(C)c(CC[C@H](N)C(=O)O)c1. The lowest BCUT2D eigenvalue weighted by Crippen LogP contribution is -2.30. The monoisotopic (exact) mass is 268 g/mol. The van der Waals surface area contributed by atoms with E-state index >= 15 is 0 Å². The van der Waals surface area contributed by atoms with Crippen molar-refractivity contribution >= 4 is 17.6 Å². The maximum atomic E-state index is 13.7. The van der Waals surface area contributed by atoms with Gasteiger partial charge < -0.3 is 16.2 Å². The lowest BCUT2D eigenvalue weighted by molar-refractivity contribution is -0.138. The third-order valence-electron chi connectivity index (χ3n) is 2.81. The first-order valence-electron chi connectivity index (χ1n) is 5.86. The second-order valence-electron chi connectivity index (χ2n) is 4.41. The molecule has 1 amide bonds. The van der Waals surface area contributed by atoms with Gasteiger partial charge in [-0.25, -0.2) is 4.39 Å². The summed E-state index contributed by atoms with van der Waals surface area (Å²) in [6.45, 7) is 2.94. The van der Waals surface area contributed by atoms with E-state index in [2.05, 4.69) is 5.32 Å². The molecule has 1 aromatic carbocycles. The summed E-state index contributed by atoms with van der Waals surface area (Å²) in [6, 6.07) is 1.89. The Hall–Kier alpha value is -1.95. The van der Waals surface area contributed by atoms with E-state index in [-0.39, 0.29) is 12.3 Å². The molecule has 0 saturated heterocycles. The first kappa shape index (κ1) is 15.1. The maximum Gasteiger partial charge on any atom is 0.320 e. The fourth-order valence-electron chi connectivity index (χ4n) is 1.71. The van der Waals surface area contributed by atoms with Gasteiger partial charge in [-0.2, -0.15) is 0 Å². The van der Waals surface area contributed by atoms with Crippen molar-refractivity contribution in [1.29, 1.82) is 0 Å². The largest absolute Gasteiger partial charge is 0.480 e. The molecular formula is C13H17FN2O3. The van der Waals surface area contributed by atoms with E-state index in [0.29, 0.717) is 23.2 Å². The molecule has 0 fully saturated rings. The number of benzene rings is 1. The summed E-state index contributed by atoms with van der Waals surface area (Å²) < 4.78 is 13.7. The number of hydrogen-bond acceptors (Lipinski definition) is 3. The van der Waals surface area contributed by atoms with Crippen molar-refractivity contribution in [3.63, 3.8) is 0 Å². The molecule has 4 N–H and O–H groups in total. The van der Waals surface area contributed by atoms with Crippen LogP contribution in [0.5, 0.6) is 0 Å². The molecule has 0 aromatic heterocycles. The Morgan fingerprint density at radius 2 is 2.11 bits per heavy atom. The number of aryl methyl sites for hydroxylation is 1. The van der Waals surface area contributed by atoms with Crippen molar-refractivity contribution in [3.8, 4) is 0 Å². The van der Waals surface area contributed by atoms with Crippen molar-refractivity contribution in [3.05, 3.63) is 29.1 Å². The van der Waals surface area contributed by atoms with Gasteiger partial charge in [-0.15, -0.1) is 0 Å². The molecule has 0 unspecified atom stereocenters. The summed E-state index contributed by atoms with van der Waals surface area (Å²) >= 11 is 0. The number of carboxylic acid groups (broad SMARTS) is 1. The number of aliphatic carboxylic acids is 1. The summed E-state index contributed by atoms with van der Waals surface area (Å²) in [7, 11) is 0. The molecule has 1 rings (SSSR count). The lowest BCUT2D eigenvalue weighted by atomic mass is 10.00. The highest BCUT2D eigenvalue weighted by atomic mass is 19.1. The number of anilines is 1. The minimum atomic E-state index is -1.09. The molecule has 0 spiro atoms. The van der Waals surface area contributed by atoms with Crippen LogP contribution in [0.2, 0.25) is 0 Å². The van der Waals surface area contributed by atoms with Gasteiger partial charge in [-0.3, -0.25) is 9.59 Å². The highest BCUT2D eigenvalue weighted by molar-refractivity contribution is 5.88. The van der Waals surface area contributed by atoms with Crippen molar-refractivity contribution < 1.29 is 19.1 Å². The zero-order chi connectivity index (χ0) is 14.6. The van der Waals surface area contributed by atoms with Crippen LogP contribution in [0.15, 0.2) is 12.1 Å². The van der Waals surface area contributed by atoms with Crippen molar-refractivity contribution in [2.45, 2.75) is 32.7 Å². The minimum absolute atomic E-state index is 0.207. The van der Waals surface area contributed by atoms with Crippen LogP contribution in [0.4, 0.5) is 10.1 Å². The van der Waals surface area contributed by atoms with Gasteiger partial charge >= 0.3 is 5.97 Å². The van der Waals surface area contributed by atoms with Crippen LogP contribution < -0.4 is 11.1 Å². The molecule has 0 aliphatic rings. The Kier molecular flexibility index (Phi) is 5.00. The summed E-state index contributed by atoms with van der Waals surface area (Å²) in [4.78, 5) is 21.6. The van der Waals surface area contributed by atoms with Gasteiger partial charge in [0.1, 0.15) is 11.9 Å². The molecule has 1 aromatic rings. The van der Waals surface area contributed by atoms with Gasteiger partial charge in [0.2, 0.25) is 5.91 Å². The van der Waals surface area contributed by atoms with Crippen LogP contribution in [0.1, 0.15) is 24.5 Å². The van der Waals surface area contributed by atoms with Crippen LogP contribution in [0.25, 0.3) is 0 Å². The number of nitrogens with two attached hydrogens (primary N) is 1. The Balaban J connectivity index is 2.89. The van der Waals surface area contributed by atoms with Crippen molar-refractivity contribution in [1.82, 2.24) is 0 Å². The first-order valence-corrected chi connectivity index (χ1v) is 5.86. The topological polar surface area (TPSA) is 92.4 Å². The third kappa shape index (κ3) is 4.33. The Bertz CT molecular complexity index is 503. The minimum Gasteiger partial charge on any atom is -0.480 e. The molecule has 0 aliphatic carbocycles. The number of carbonyl (C=O) groups excluding carboxylic acids is 1. The van der Waals surface area contributed by atoms with E-state index in [0.717, 1.165) is 0 Å². The van der Waals surface area contributed by atoms with E-state index in [1.807, 2.05) is 0 Å². The van der Waals surface area contributed by atoms with Crippen LogP contribution in [-0.4, -0.2) is 23.0 Å². The maximum absolute atomic E-state index is 13.7. The molecule has 1 atom stereocenters. The van der Waals surface area contributed by atoms with Gasteiger partial charge in [-0.05, 0) is 43.0 Å². The van der Waals surface area contributed by atoms with Gasteiger partial charge in [-0.1, -0.05) is 0 Å². The average Bonchev–Trinajstić information content (AvgIpc) is 2.30. The summed E-state index contributed by atoms with van der Waals surface area (Å²) in [6.07, 6.45) is 0.544. The molecule has 0 heterocycles. The molecule has 0 aliphatic heterocycles. The standard InChI is InChI=1S/C13H17FN2O3/c1-7-9(3-4-12(15)13(18)19)5-10(6-11(7)14)16-8(2)17/h5-6,12H,3-4,15H2,1-2H3,(H,16,17)(H,18,19)/t12-/m0/s1. The zero-order valence-corrected chi connectivity index (χ0v) is 10.9. The highest BCUT2D eigenvalue weighted by Gasteiger charge is 2.14. The van der Waals surface area contributed by atoms with E-state index in [9.17, 15) is 14.0 Å². The predicted molar refractivity (Wildman–Crippen MR) is 69.4 cm³/mol. The fourth-order valence-corrected chi connectivity index (χ4v) is 1.71. The van der Waals surface area contributed by atoms with E-state index in [1.165, 1.54) is 13.0 Å². The van der Waals surface area contributed by atoms with E-state index < -0.39 is 17.8 Å². The average molecular weight is 268 g/mol. The fraction of sp³-hybridized carbons (Fsp3) is 0.385. The van der Waals surface area contributed by atoms with Crippen molar-refractivity contribution in [2.24, 2.45) is 5.73 Å². The Labute approximate surface area is 110 Å². The van der Waals surface area contributed by atoms with Crippen LogP contribution in [0.3, 0.4) is 0 Å². The highest BCUT2D eigenvalue weighted by Crippen LogP contribution is 2.21. The van der Waals surface area contributed by atoms with Gasteiger partial charge in [0.05, 0.1) is 0 Å². The van der Waals surface area contributed by atoms with Gasteiger partial charge in [0.25, 0.3) is 0 Å². The molecule has 0 saturated carbocycles. The van der Waals surface area contributed by atoms with Crippen LogP contribution in [0, 0.1) is 12.7 Å². The summed E-state index contributed by atoms with van der Waals surface area (Å²) in [5, 5.41) is 11.2. The smallest absolute Gasteiger partial charge is 0.320 e. The third-order valence-corrected chi connectivity index (χ3v) is 2.81. The number of amides is 1. The molecule has 6 heteroatoms. The number of carbonyl (C=O) groups is 2. The normalized spacial score (nSPS) is 12.0. The second kappa shape index (κ2) is 6.29. The number of rotatable bonds is 5. The number of halogens is 1.